The number of piperazine rings is 1. The highest BCUT2D eigenvalue weighted by atomic mass is 16.5. The van der Waals surface area contributed by atoms with Crippen LogP contribution in [0.2, 0.25) is 0 Å². The summed E-state index contributed by atoms with van der Waals surface area (Å²) in [5, 5.41) is 4.44. The van der Waals surface area contributed by atoms with E-state index in [0.717, 1.165) is 104 Å². The van der Waals surface area contributed by atoms with E-state index in [1.165, 1.54) is 0 Å². The molecule has 0 spiro atoms. The Bertz CT molecular complexity index is 1380. The minimum Gasteiger partial charge on any atom is -0.496 e. The van der Waals surface area contributed by atoms with Crippen LogP contribution in [0.5, 0.6) is 5.75 Å². The maximum absolute atomic E-state index is 13.2. The number of methoxy groups -OCH3 is 1. The van der Waals surface area contributed by atoms with Crippen LogP contribution in [-0.2, 0) is 4.74 Å². The Morgan fingerprint density at radius 1 is 1.00 bits per heavy atom. The first-order valence-electron chi connectivity index (χ1n) is 13.7. The zero-order valence-electron chi connectivity index (χ0n) is 22.8. The zero-order chi connectivity index (χ0) is 27.0. The molecule has 204 valence electrons. The maximum atomic E-state index is 13.2. The van der Waals surface area contributed by atoms with Crippen LogP contribution in [0.1, 0.15) is 17.3 Å². The molecule has 1 aliphatic rings. The number of pyridine rings is 1. The Hall–Kier alpha value is -3.72. The molecule has 8 nitrogen and oxygen atoms in total. The van der Waals surface area contributed by atoms with Crippen LogP contribution < -0.4 is 10.1 Å². The molecule has 0 unspecified atom stereocenters. The van der Waals surface area contributed by atoms with Gasteiger partial charge in [0.1, 0.15) is 11.4 Å². The Kier molecular flexibility index (Phi) is 8.88. The molecule has 5 rings (SSSR count). The molecule has 0 bridgehead atoms. The Morgan fingerprint density at radius 2 is 1.79 bits per heavy atom. The minimum atomic E-state index is 0.0914. The number of benzene rings is 2. The summed E-state index contributed by atoms with van der Waals surface area (Å²) in [4.78, 5) is 25.5. The summed E-state index contributed by atoms with van der Waals surface area (Å²) >= 11 is 0. The molecule has 4 aromatic rings. The summed E-state index contributed by atoms with van der Waals surface area (Å²) < 4.78 is 10.9. The molecule has 2 N–H and O–H groups in total. The second-order valence-corrected chi connectivity index (χ2v) is 9.68. The number of carbonyl (C=O) groups excluding carboxylic acids is 1. The summed E-state index contributed by atoms with van der Waals surface area (Å²) in [7, 11) is 1.68. The van der Waals surface area contributed by atoms with E-state index in [1.807, 2.05) is 66.7 Å². The molecule has 0 radical (unpaired) electrons. The van der Waals surface area contributed by atoms with Gasteiger partial charge in [0.05, 0.1) is 13.7 Å². The molecule has 0 aliphatic carbocycles. The monoisotopic (exact) mass is 527 g/mol. The Balaban J connectivity index is 1.21. The van der Waals surface area contributed by atoms with Crippen LogP contribution in [-0.4, -0.2) is 91.8 Å². The predicted octanol–water partition coefficient (Wildman–Crippen LogP) is 4.29. The van der Waals surface area contributed by atoms with Gasteiger partial charge in [0.2, 0.25) is 0 Å². The number of hydrogen-bond donors (Lipinski definition) is 2. The number of aromatic amines is 1. The molecule has 0 saturated carbocycles. The van der Waals surface area contributed by atoms with Crippen LogP contribution in [0.25, 0.3) is 33.3 Å². The maximum Gasteiger partial charge on any atom is 0.253 e. The van der Waals surface area contributed by atoms with Gasteiger partial charge in [0.15, 0.2) is 0 Å². The number of nitrogens with one attached hydrogen (secondary N) is 2. The van der Waals surface area contributed by atoms with Crippen LogP contribution in [0.15, 0.2) is 67.0 Å². The Labute approximate surface area is 229 Å². The number of amides is 1. The number of ether oxygens (including phenoxy) is 2. The standard InChI is InChI=1S/C31H37N5O3/c1-3-39-19-13-32-12-14-35-15-17-36(18-16-35)31(37)24-10-8-23(9-11-24)25-20-27-28(22-34-30(27)33-21-25)26-6-4-5-7-29(26)38-2/h4-11,20-22,32H,3,12-19H2,1-2H3,(H,33,34). The molecule has 1 fully saturated rings. The number of nitrogens with zero attached hydrogens (tertiary/aromatic N) is 3. The van der Waals surface area contributed by atoms with Gasteiger partial charge in [-0.1, -0.05) is 30.3 Å². The number of H-pyrrole nitrogens is 1. The third-order valence-corrected chi connectivity index (χ3v) is 7.29. The van der Waals surface area contributed by atoms with Crippen LogP contribution in [0, 0.1) is 0 Å². The number of carbonyl (C=O) groups is 1. The molecule has 8 heteroatoms. The first kappa shape index (κ1) is 26.9. The lowest BCUT2D eigenvalue weighted by atomic mass is 10.0. The summed E-state index contributed by atoms with van der Waals surface area (Å²) in [6.07, 6.45) is 3.84. The van der Waals surface area contributed by atoms with E-state index < -0.39 is 0 Å². The van der Waals surface area contributed by atoms with Gasteiger partial charge in [-0.2, -0.15) is 0 Å². The number of para-hydroxylation sites is 1. The molecule has 3 heterocycles. The second-order valence-electron chi connectivity index (χ2n) is 9.68. The Morgan fingerprint density at radius 3 is 2.56 bits per heavy atom. The van der Waals surface area contributed by atoms with E-state index in [-0.39, 0.29) is 5.91 Å². The van der Waals surface area contributed by atoms with Crippen molar-refractivity contribution in [2.24, 2.45) is 0 Å². The number of hydrogen-bond acceptors (Lipinski definition) is 6. The fraction of sp³-hybridized carbons (Fsp3) is 0.355. The molecule has 2 aromatic heterocycles. The summed E-state index contributed by atoms with van der Waals surface area (Å²) in [6, 6.07) is 18.0. The highest BCUT2D eigenvalue weighted by Crippen LogP contribution is 2.36. The van der Waals surface area contributed by atoms with Crippen molar-refractivity contribution in [3.63, 3.8) is 0 Å². The van der Waals surface area contributed by atoms with Gasteiger partial charge in [-0.3, -0.25) is 9.69 Å². The summed E-state index contributed by atoms with van der Waals surface area (Å²) in [6.45, 7) is 9.61. The number of rotatable bonds is 11. The molecule has 2 aromatic carbocycles. The van der Waals surface area contributed by atoms with Crippen molar-refractivity contribution >= 4 is 16.9 Å². The molecule has 1 amide bonds. The fourth-order valence-corrected chi connectivity index (χ4v) is 5.06. The van der Waals surface area contributed by atoms with Crippen molar-refractivity contribution in [2.75, 3.05) is 66.1 Å². The van der Waals surface area contributed by atoms with E-state index in [1.54, 1.807) is 7.11 Å². The lowest BCUT2D eigenvalue weighted by Crippen LogP contribution is -2.50. The van der Waals surface area contributed by atoms with E-state index in [4.69, 9.17) is 9.47 Å². The van der Waals surface area contributed by atoms with Crippen molar-refractivity contribution < 1.29 is 14.3 Å². The lowest BCUT2D eigenvalue weighted by Gasteiger charge is -2.34. The topological polar surface area (TPSA) is 82.7 Å². The van der Waals surface area contributed by atoms with E-state index in [0.29, 0.717) is 0 Å². The molecular weight excluding hydrogens is 490 g/mol. The summed E-state index contributed by atoms with van der Waals surface area (Å²) in [5.74, 6) is 0.912. The SMILES string of the molecule is CCOCCNCCN1CCN(C(=O)c2ccc(-c3cnc4[nH]cc(-c5ccccc5OC)c4c3)cc2)CC1. The molecule has 1 saturated heterocycles. The highest BCUT2D eigenvalue weighted by Gasteiger charge is 2.22. The highest BCUT2D eigenvalue weighted by molar-refractivity contribution is 5.98. The smallest absolute Gasteiger partial charge is 0.253 e. The fourth-order valence-electron chi connectivity index (χ4n) is 5.06. The summed E-state index contributed by atoms with van der Waals surface area (Å²) in [5.41, 5.74) is 5.63. The van der Waals surface area contributed by atoms with Crippen molar-refractivity contribution in [1.82, 2.24) is 25.1 Å². The number of aromatic nitrogens is 2. The van der Waals surface area contributed by atoms with Gasteiger partial charge in [0.25, 0.3) is 5.91 Å². The molecule has 39 heavy (non-hydrogen) atoms. The van der Waals surface area contributed by atoms with Crippen molar-refractivity contribution in [2.45, 2.75) is 6.92 Å². The zero-order valence-corrected chi connectivity index (χ0v) is 22.8. The molecular formula is C31H37N5O3. The molecule has 0 atom stereocenters. The number of fused-ring (bicyclic) bond motifs is 1. The largest absolute Gasteiger partial charge is 0.496 e. The lowest BCUT2D eigenvalue weighted by molar-refractivity contribution is 0.0637. The average molecular weight is 528 g/mol. The van der Waals surface area contributed by atoms with E-state index in [2.05, 4.69) is 32.3 Å². The van der Waals surface area contributed by atoms with E-state index >= 15 is 0 Å². The van der Waals surface area contributed by atoms with Crippen LogP contribution in [0.3, 0.4) is 0 Å². The van der Waals surface area contributed by atoms with Gasteiger partial charge in [0, 0.05) is 92.5 Å². The average Bonchev–Trinajstić information content (AvgIpc) is 3.42. The molecule has 1 aliphatic heterocycles. The van der Waals surface area contributed by atoms with Crippen molar-refractivity contribution in [3.8, 4) is 28.0 Å². The quantitative estimate of drug-likeness (QED) is 0.283. The first-order chi connectivity index (χ1) is 19.2. The predicted molar refractivity (Wildman–Crippen MR) is 155 cm³/mol. The van der Waals surface area contributed by atoms with Crippen LogP contribution in [0.4, 0.5) is 0 Å². The second kappa shape index (κ2) is 12.9. The van der Waals surface area contributed by atoms with Crippen molar-refractivity contribution in [3.05, 3.63) is 72.6 Å². The van der Waals surface area contributed by atoms with Gasteiger partial charge in [-0.15, -0.1) is 0 Å². The van der Waals surface area contributed by atoms with Gasteiger partial charge in [-0.05, 0) is 36.8 Å². The third-order valence-electron chi connectivity index (χ3n) is 7.29. The minimum absolute atomic E-state index is 0.0914. The third kappa shape index (κ3) is 6.30. The van der Waals surface area contributed by atoms with Gasteiger partial charge in [-0.25, -0.2) is 4.98 Å². The normalized spacial score (nSPS) is 14.2. The van der Waals surface area contributed by atoms with Crippen molar-refractivity contribution in [1.29, 1.82) is 0 Å². The first-order valence-corrected chi connectivity index (χ1v) is 13.7. The van der Waals surface area contributed by atoms with E-state index in [9.17, 15) is 4.79 Å². The van der Waals surface area contributed by atoms with Gasteiger partial charge >= 0.3 is 0 Å². The van der Waals surface area contributed by atoms with Crippen LogP contribution >= 0.6 is 0 Å². The van der Waals surface area contributed by atoms with Gasteiger partial charge < -0.3 is 24.7 Å².